The zero-order valence-corrected chi connectivity index (χ0v) is 15.2. The molecule has 3 amide bonds. The molecular weight excluding hydrogens is 384 g/mol. The molecule has 0 aliphatic carbocycles. The van der Waals surface area contributed by atoms with Crippen LogP contribution in [0.2, 0.25) is 0 Å². The van der Waals surface area contributed by atoms with Gasteiger partial charge in [0.15, 0.2) is 0 Å². The molecule has 2 aromatic carbocycles. The van der Waals surface area contributed by atoms with E-state index in [-0.39, 0.29) is 17.6 Å². The second-order valence-corrected chi connectivity index (χ2v) is 6.44. The zero-order valence-electron chi connectivity index (χ0n) is 13.7. The highest BCUT2D eigenvalue weighted by atomic mass is 79.9. The number of rotatable bonds is 5. The Morgan fingerprint density at radius 3 is 2.36 bits per heavy atom. The average molecular weight is 401 g/mol. The number of imide groups is 1. The largest absolute Gasteiger partial charge is 0.489 e. The first-order valence-electron chi connectivity index (χ1n) is 7.88. The maximum atomic E-state index is 12.0. The Morgan fingerprint density at radius 1 is 1.08 bits per heavy atom. The van der Waals surface area contributed by atoms with Gasteiger partial charge in [-0.25, -0.2) is 4.79 Å². The quantitative estimate of drug-likeness (QED) is 0.610. The molecule has 0 aromatic heterocycles. The summed E-state index contributed by atoms with van der Waals surface area (Å²) in [5.74, 6) is 0.435. The Labute approximate surface area is 154 Å². The van der Waals surface area contributed by atoms with E-state index in [9.17, 15) is 9.59 Å². The molecule has 1 heterocycles. The molecular formula is C19H17BrN2O3. The molecule has 1 aliphatic rings. The van der Waals surface area contributed by atoms with Gasteiger partial charge in [0, 0.05) is 11.0 Å². The van der Waals surface area contributed by atoms with Crippen molar-refractivity contribution in [3.8, 4) is 5.75 Å². The number of hydrogen-bond donors (Lipinski definition) is 1. The predicted octanol–water partition coefficient (Wildman–Crippen LogP) is 3.94. The highest BCUT2D eigenvalue weighted by Gasteiger charge is 2.31. The average Bonchev–Trinajstić information content (AvgIpc) is 2.88. The maximum absolute atomic E-state index is 12.0. The number of ether oxygens (including phenoxy) is 1. The predicted molar refractivity (Wildman–Crippen MR) is 98.8 cm³/mol. The summed E-state index contributed by atoms with van der Waals surface area (Å²) in [4.78, 5) is 24.9. The fraction of sp³-hybridized carbons (Fsp3) is 0.158. The Morgan fingerprint density at radius 2 is 1.76 bits per heavy atom. The maximum Gasteiger partial charge on any atom is 0.328 e. The minimum Gasteiger partial charge on any atom is -0.489 e. The van der Waals surface area contributed by atoms with Crippen LogP contribution < -0.4 is 10.1 Å². The highest BCUT2D eigenvalue weighted by molar-refractivity contribution is 9.10. The lowest BCUT2D eigenvalue weighted by Gasteiger charge is -2.07. The van der Waals surface area contributed by atoms with E-state index in [1.54, 1.807) is 13.0 Å². The topological polar surface area (TPSA) is 58.6 Å². The Balaban J connectivity index is 1.64. The first-order chi connectivity index (χ1) is 12.1. The van der Waals surface area contributed by atoms with Gasteiger partial charge >= 0.3 is 6.03 Å². The van der Waals surface area contributed by atoms with Crippen LogP contribution in [0.15, 0.2) is 58.7 Å². The Bertz CT molecular complexity index is 814. The number of urea groups is 1. The number of likely N-dealkylation sites (N-methyl/N-ethyl adjacent to an activating group) is 1. The van der Waals surface area contributed by atoms with Crippen molar-refractivity contribution in [2.45, 2.75) is 13.5 Å². The third-order valence-electron chi connectivity index (χ3n) is 3.79. The molecule has 0 spiro atoms. The van der Waals surface area contributed by atoms with Crippen molar-refractivity contribution in [2.75, 3.05) is 6.54 Å². The van der Waals surface area contributed by atoms with Crippen LogP contribution in [0.3, 0.4) is 0 Å². The zero-order chi connectivity index (χ0) is 17.8. The Kier molecular flexibility index (Phi) is 5.19. The molecule has 0 radical (unpaired) electrons. The Hall–Kier alpha value is -2.60. The minimum absolute atomic E-state index is 0.287. The fourth-order valence-corrected chi connectivity index (χ4v) is 2.70. The number of amides is 3. The van der Waals surface area contributed by atoms with E-state index in [4.69, 9.17) is 4.74 Å². The molecule has 0 unspecified atom stereocenters. The monoisotopic (exact) mass is 400 g/mol. The number of benzene rings is 2. The first kappa shape index (κ1) is 17.2. The van der Waals surface area contributed by atoms with Crippen molar-refractivity contribution in [3.63, 3.8) is 0 Å². The standard InChI is InChI=1S/C19H17BrN2O3/c1-2-22-18(23)17(21-19(22)24)11-13-5-9-16(10-6-13)25-12-14-3-7-15(20)8-4-14/h3-11H,2,12H2,1H3,(H,21,24)/b17-11+. The summed E-state index contributed by atoms with van der Waals surface area (Å²) in [7, 11) is 0. The van der Waals surface area contributed by atoms with Crippen LogP contribution in [0.5, 0.6) is 5.75 Å². The molecule has 25 heavy (non-hydrogen) atoms. The molecule has 1 aliphatic heterocycles. The van der Waals surface area contributed by atoms with Crippen LogP contribution in [-0.4, -0.2) is 23.4 Å². The van der Waals surface area contributed by atoms with Gasteiger partial charge < -0.3 is 10.1 Å². The van der Waals surface area contributed by atoms with E-state index in [0.29, 0.717) is 13.2 Å². The smallest absolute Gasteiger partial charge is 0.328 e. The molecule has 0 saturated carbocycles. The van der Waals surface area contributed by atoms with E-state index in [2.05, 4.69) is 21.2 Å². The van der Waals surface area contributed by atoms with Crippen molar-refractivity contribution >= 4 is 33.9 Å². The second kappa shape index (κ2) is 7.53. The van der Waals surface area contributed by atoms with Crippen LogP contribution >= 0.6 is 15.9 Å². The van der Waals surface area contributed by atoms with Crippen molar-refractivity contribution in [1.29, 1.82) is 0 Å². The number of nitrogens with zero attached hydrogens (tertiary/aromatic N) is 1. The number of halogens is 1. The number of carbonyl (C=O) groups excluding carboxylic acids is 2. The molecule has 0 atom stereocenters. The molecule has 0 bridgehead atoms. The fourth-order valence-electron chi connectivity index (χ4n) is 2.43. The van der Waals surface area contributed by atoms with Gasteiger partial charge in [-0.15, -0.1) is 0 Å². The van der Waals surface area contributed by atoms with Gasteiger partial charge in [-0.1, -0.05) is 40.2 Å². The normalized spacial score (nSPS) is 15.6. The molecule has 5 nitrogen and oxygen atoms in total. The molecule has 3 rings (SSSR count). The molecule has 1 saturated heterocycles. The summed E-state index contributed by atoms with van der Waals surface area (Å²) in [5.41, 5.74) is 2.18. The SMILES string of the molecule is CCN1C(=O)N/C(=C/c2ccc(OCc3ccc(Br)cc3)cc2)C1=O. The van der Waals surface area contributed by atoms with E-state index < -0.39 is 0 Å². The second-order valence-electron chi connectivity index (χ2n) is 5.52. The minimum atomic E-state index is -0.381. The number of nitrogens with one attached hydrogen (secondary N) is 1. The molecule has 1 fully saturated rings. The summed E-state index contributed by atoms with van der Waals surface area (Å²) in [6.07, 6.45) is 1.66. The van der Waals surface area contributed by atoms with Gasteiger partial charge in [-0.05, 0) is 48.4 Å². The summed E-state index contributed by atoms with van der Waals surface area (Å²) in [5, 5.41) is 2.58. The van der Waals surface area contributed by atoms with Crippen LogP contribution in [-0.2, 0) is 11.4 Å². The van der Waals surface area contributed by atoms with Crippen LogP contribution in [0.25, 0.3) is 6.08 Å². The van der Waals surface area contributed by atoms with E-state index in [1.165, 1.54) is 4.90 Å². The summed E-state index contributed by atoms with van der Waals surface area (Å²) in [6, 6.07) is 14.9. The lowest BCUT2D eigenvalue weighted by Crippen LogP contribution is -2.30. The van der Waals surface area contributed by atoms with E-state index in [0.717, 1.165) is 21.3 Å². The first-order valence-corrected chi connectivity index (χ1v) is 8.68. The lowest BCUT2D eigenvalue weighted by molar-refractivity contribution is -0.122. The third kappa shape index (κ3) is 4.09. The van der Waals surface area contributed by atoms with Gasteiger partial charge in [0.25, 0.3) is 5.91 Å². The van der Waals surface area contributed by atoms with Gasteiger partial charge in [0.2, 0.25) is 0 Å². The van der Waals surface area contributed by atoms with Gasteiger partial charge in [0.05, 0.1) is 0 Å². The van der Waals surface area contributed by atoms with Crippen molar-refractivity contribution in [2.24, 2.45) is 0 Å². The van der Waals surface area contributed by atoms with Crippen LogP contribution in [0.4, 0.5) is 4.79 Å². The highest BCUT2D eigenvalue weighted by Crippen LogP contribution is 2.18. The third-order valence-corrected chi connectivity index (χ3v) is 4.32. The number of carbonyl (C=O) groups is 2. The van der Waals surface area contributed by atoms with Crippen molar-refractivity contribution < 1.29 is 14.3 Å². The van der Waals surface area contributed by atoms with Gasteiger partial charge in [-0.2, -0.15) is 0 Å². The van der Waals surface area contributed by atoms with Crippen molar-refractivity contribution in [3.05, 3.63) is 69.8 Å². The van der Waals surface area contributed by atoms with E-state index >= 15 is 0 Å². The van der Waals surface area contributed by atoms with Gasteiger partial charge in [0.1, 0.15) is 18.1 Å². The summed E-state index contributed by atoms with van der Waals surface area (Å²) >= 11 is 3.40. The molecule has 2 aromatic rings. The summed E-state index contributed by atoms with van der Waals surface area (Å²) < 4.78 is 6.78. The molecule has 6 heteroatoms. The lowest BCUT2D eigenvalue weighted by atomic mass is 10.2. The van der Waals surface area contributed by atoms with Crippen molar-refractivity contribution in [1.82, 2.24) is 10.2 Å². The number of hydrogen-bond acceptors (Lipinski definition) is 3. The van der Waals surface area contributed by atoms with Crippen LogP contribution in [0, 0.1) is 0 Å². The van der Waals surface area contributed by atoms with E-state index in [1.807, 2.05) is 48.5 Å². The summed E-state index contributed by atoms with van der Waals surface area (Å²) in [6.45, 7) is 2.59. The van der Waals surface area contributed by atoms with Crippen LogP contribution in [0.1, 0.15) is 18.1 Å². The molecule has 1 N–H and O–H groups in total. The van der Waals surface area contributed by atoms with Gasteiger partial charge in [-0.3, -0.25) is 9.69 Å². The molecule has 128 valence electrons.